The zero-order chi connectivity index (χ0) is 11.5. The summed E-state index contributed by atoms with van der Waals surface area (Å²) in [7, 11) is 0. The number of benzene rings is 2. The average Bonchev–Trinajstić information content (AvgIpc) is 2.30. The summed E-state index contributed by atoms with van der Waals surface area (Å²) in [5, 5.41) is 0. The van der Waals surface area contributed by atoms with E-state index in [1.807, 2.05) is 30.3 Å². The first-order valence-corrected chi connectivity index (χ1v) is 5.24. The lowest BCUT2D eigenvalue weighted by molar-refractivity contribution is 0.631. The van der Waals surface area contributed by atoms with E-state index < -0.39 is 0 Å². The second-order valence-electron chi connectivity index (χ2n) is 3.42. The lowest BCUT2D eigenvalue weighted by Crippen LogP contribution is -2.09. The van der Waals surface area contributed by atoms with Gasteiger partial charge in [0.15, 0.2) is 0 Å². The van der Waals surface area contributed by atoms with E-state index in [9.17, 15) is 4.39 Å². The maximum Gasteiger partial charge on any atom is 0.131 e. The van der Waals surface area contributed by atoms with Gasteiger partial charge in [0.05, 0.1) is 0 Å². The predicted molar refractivity (Wildman–Crippen MR) is 67.7 cm³/mol. The van der Waals surface area contributed by atoms with Crippen LogP contribution in [0.15, 0.2) is 48.5 Å². The maximum absolute atomic E-state index is 13.8. The Morgan fingerprint density at radius 3 is 2.31 bits per heavy atom. The highest BCUT2D eigenvalue weighted by Gasteiger charge is 2.06. The molecule has 3 heteroatoms. The number of hydrogen-bond donors (Lipinski definition) is 1. The zero-order valence-electron chi connectivity index (χ0n) is 8.48. The highest BCUT2D eigenvalue weighted by atomic mass is 32.1. The van der Waals surface area contributed by atoms with Gasteiger partial charge in [0.1, 0.15) is 10.8 Å². The van der Waals surface area contributed by atoms with Crippen LogP contribution in [0.5, 0.6) is 0 Å². The van der Waals surface area contributed by atoms with Crippen molar-refractivity contribution < 1.29 is 4.39 Å². The second-order valence-corrected chi connectivity index (χ2v) is 3.86. The third-order valence-electron chi connectivity index (χ3n) is 2.34. The monoisotopic (exact) mass is 231 g/mol. The van der Waals surface area contributed by atoms with E-state index in [4.69, 9.17) is 18.0 Å². The van der Waals surface area contributed by atoms with E-state index in [-0.39, 0.29) is 10.8 Å². The maximum atomic E-state index is 13.8. The minimum absolute atomic E-state index is 0.207. The second kappa shape index (κ2) is 4.41. The summed E-state index contributed by atoms with van der Waals surface area (Å²) in [6, 6.07) is 14.1. The first kappa shape index (κ1) is 10.8. The van der Waals surface area contributed by atoms with E-state index in [0.717, 1.165) is 5.56 Å². The van der Waals surface area contributed by atoms with Crippen LogP contribution in [0.2, 0.25) is 0 Å². The van der Waals surface area contributed by atoms with Crippen LogP contribution in [0.1, 0.15) is 5.56 Å². The molecule has 2 aromatic carbocycles. The van der Waals surface area contributed by atoms with Gasteiger partial charge in [-0.25, -0.2) is 4.39 Å². The summed E-state index contributed by atoms with van der Waals surface area (Å²) >= 11 is 4.79. The minimum Gasteiger partial charge on any atom is -0.389 e. The molecular weight excluding hydrogens is 221 g/mol. The first-order valence-electron chi connectivity index (χ1n) is 4.83. The van der Waals surface area contributed by atoms with Gasteiger partial charge in [-0.3, -0.25) is 0 Å². The molecule has 0 aliphatic heterocycles. The Morgan fingerprint density at radius 2 is 1.75 bits per heavy atom. The molecule has 0 atom stereocenters. The SMILES string of the molecule is NC(=S)c1ccc(-c2ccccc2)c(F)c1. The summed E-state index contributed by atoms with van der Waals surface area (Å²) in [6.07, 6.45) is 0. The topological polar surface area (TPSA) is 26.0 Å². The number of nitrogens with two attached hydrogens (primary N) is 1. The van der Waals surface area contributed by atoms with Gasteiger partial charge in [-0.05, 0) is 11.6 Å². The Bertz CT molecular complexity index is 523. The Hall–Kier alpha value is -1.74. The molecule has 0 aliphatic carbocycles. The van der Waals surface area contributed by atoms with E-state index in [1.54, 1.807) is 12.1 Å². The molecule has 0 unspecified atom stereocenters. The molecular formula is C13H10FNS. The quantitative estimate of drug-likeness (QED) is 0.804. The predicted octanol–water partition coefficient (Wildman–Crippen LogP) is 3.13. The fourth-order valence-corrected chi connectivity index (χ4v) is 1.65. The number of halogens is 1. The highest BCUT2D eigenvalue weighted by molar-refractivity contribution is 7.80. The van der Waals surface area contributed by atoms with E-state index in [2.05, 4.69) is 0 Å². The summed E-state index contributed by atoms with van der Waals surface area (Å²) in [5.41, 5.74) is 7.38. The van der Waals surface area contributed by atoms with Gasteiger partial charge in [-0.15, -0.1) is 0 Å². The van der Waals surface area contributed by atoms with Crippen molar-refractivity contribution in [1.82, 2.24) is 0 Å². The van der Waals surface area contributed by atoms with Crippen molar-refractivity contribution in [3.05, 3.63) is 59.9 Å². The molecule has 0 spiro atoms. The van der Waals surface area contributed by atoms with Crippen LogP contribution in [0.3, 0.4) is 0 Å². The number of rotatable bonds is 2. The van der Waals surface area contributed by atoms with Gasteiger partial charge >= 0.3 is 0 Å². The molecule has 0 fully saturated rings. The minimum atomic E-state index is -0.309. The Morgan fingerprint density at radius 1 is 1.06 bits per heavy atom. The standard InChI is InChI=1S/C13H10FNS/c14-12-8-10(13(15)16)6-7-11(12)9-4-2-1-3-5-9/h1-8H,(H2,15,16). The van der Waals surface area contributed by atoms with Crippen LogP contribution < -0.4 is 5.73 Å². The molecule has 0 bridgehead atoms. The fourth-order valence-electron chi connectivity index (χ4n) is 1.52. The van der Waals surface area contributed by atoms with Crippen molar-refractivity contribution in [1.29, 1.82) is 0 Å². The molecule has 2 N–H and O–H groups in total. The summed E-state index contributed by atoms with van der Waals surface area (Å²) in [5.74, 6) is -0.309. The number of thiocarbonyl (C=S) groups is 1. The molecule has 0 aromatic heterocycles. The third-order valence-corrected chi connectivity index (χ3v) is 2.57. The van der Waals surface area contributed by atoms with Crippen LogP contribution in [-0.2, 0) is 0 Å². The van der Waals surface area contributed by atoms with Gasteiger partial charge in [-0.1, -0.05) is 54.7 Å². The molecule has 0 saturated carbocycles. The third kappa shape index (κ3) is 2.09. The average molecular weight is 231 g/mol. The van der Waals surface area contributed by atoms with Crippen LogP contribution in [-0.4, -0.2) is 4.99 Å². The smallest absolute Gasteiger partial charge is 0.131 e. The molecule has 1 nitrogen and oxygen atoms in total. The molecule has 2 aromatic rings. The van der Waals surface area contributed by atoms with Crippen LogP contribution in [0, 0.1) is 5.82 Å². The molecule has 0 saturated heterocycles. The first-order chi connectivity index (χ1) is 7.68. The highest BCUT2D eigenvalue weighted by Crippen LogP contribution is 2.23. The summed E-state index contributed by atoms with van der Waals surface area (Å²) in [6.45, 7) is 0. The van der Waals surface area contributed by atoms with Gasteiger partial charge < -0.3 is 5.73 Å². The van der Waals surface area contributed by atoms with Crippen molar-refractivity contribution in [3.63, 3.8) is 0 Å². The molecule has 0 radical (unpaired) electrons. The van der Waals surface area contributed by atoms with Crippen molar-refractivity contribution in [2.75, 3.05) is 0 Å². The lowest BCUT2D eigenvalue weighted by Gasteiger charge is -2.05. The molecule has 0 amide bonds. The van der Waals surface area contributed by atoms with E-state index >= 15 is 0 Å². The van der Waals surface area contributed by atoms with Crippen molar-refractivity contribution in [3.8, 4) is 11.1 Å². The summed E-state index contributed by atoms with van der Waals surface area (Å²) in [4.78, 5) is 0.207. The molecule has 80 valence electrons. The zero-order valence-corrected chi connectivity index (χ0v) is 9.30. The fraction of sp³-hybridized carbons (Fsp3) is 0. The van der Waals surface area contributed by atoms with Crippen molar-refractivity contribution in [2.24, 2.45) is 5.73 Å². The molecule has 0 aliphatic rings. The molecule has 0 heterocycles. The Balaban J connectivity index is 2.48. The molecule has 16 heavy (non-hydrogen) atoms. The van der Waals surface area contributed by atoms with Gasteiger partial charge in [0.2, 0.25) is 0 Å². The van der Waals surface area contributed by atoms with Crippen molar-refractivity contribution >= 4 is 17.2 Å². The Labute approximate surface area is 98.7 Å². The lowest BCUT2D eigenvalue weighted by atomic mass is 10.0. The number of hydrogen-bond acceptors (Lipinski definition) is 1. The normalized spacial score (nSPS) is 10.1. The largest absolute Gasteiger partial charge is 0.389 e. The van der Waals surface area contributed by atoms with E-state index in [1.165, 1.54) is 6.07 Å². The van der Waals surface area contributed by atoms with Crippen LogP contribution in [0.25, 0.3) is 11.1 Å². The van der Waals surface area contributed by atoms with Gasteiger partial charge in [0, 0.05) is 11.1 Å². The van der Waals surface area contributed by atoms with Gasteiger partial charge in [-0.2, -0.15) is 0 Å². The Kier molecular flexibility index (Phi) is 2.97. The van der Waals surface area contributed by atoms with E-state index in [0.29, 0.717) is 11.1 Å². The van der Waals surface area contributed by atoms with Gasteiger partial charge in [0.25, 0.3) is 0 Å². The van der Waals surface area contributed by atoms with Crippen LogP contribution >= 0.6 is 12.2 Å². The molecule has 2 rings (SSSR count). The summed E-state index contributed by atoms with van der Waals surface area (Å²) < 4.78 is 13.8. The van der Waals surface area contributed by atoms with Crippen LogP contribution in [0.4, 0.5) is 4.39 Å². The van der Waals surface area contributed by atoms with Crippen molar-refractivity contribution in [2.45, 2.75) is 0 Å².